The number of hydrogen-bond donors (Lipinski definition) is 1. The number of fused-ring (bicyclic) bond motifs is 1. The quantitative estimate of drug-likeness (QED) is 0.404. The fourth-order valence-corrected chi connectivity index (χ4v) is 3.74. The van der Waals surface area contributed by atoms with Gasteiger partial charge in [-0.3, -0.25) is 0 Å². The molecule has 1 N–H and O–H groups in total. The molecule has 5 nitrogen and oxygen atoms in total. The number of anilines is 2. The Hall–Kier alpha value is -2.86. The number of nitrogens with one attached hydrogen (secondary N) is 1. The molecule has 4 aromatic rings. The van der Waals surface area contributed by atoms with Crippen LogP contribution >= 0.6 is 15.9 Å². The molecule has 0 spiro atoms. The van der Waals surface area contributed by atoms with Gasteiger partial charge in [0, 0.05) is 16.2 Å². The van der Waals surface area contributed by atoms with Crippen molar-refractivity contribution >= 4 is 38.5 Å². The van der Waals surface area contributed by atoms with Gasteiger partial charge in [0.15, 0.2) is 0 Å². The maximum atomic E-state index is 5.29. The largest absolute Gasteiger partial charge is 0.497 e. The average Bonchev–Trinajstić information content (AvgIpc) is 3.09. The number of rotatable bonds is 5. The summed E-state index contributed by atoms with van der Waals surface area (Å²) in [5.74, 6) is 1.63. The minimum atomic E-state index is 0.253. The third-order valence-electron chi connectivity index (χ3n) is 4.62. The second-order valence-corrected chi connectivity index (χ2v) is 7.73. The zero-order valence-electron chi connectivity index (χ0n) is 16.0. The minimum Gasteiger partial charge on any atom is -0.497 e. The first-order valence-corrected chi connectivity index (χ1v) is 9.89. The third-order valence-corrected chi connectivity index (χ3v) is 5.11. The van der Waals surface area contributed by atoms with Gasteiger partial charge in [-0.15, -0.1) is 0 Å². The zero-order valence-corrected chi connectivity index (χ0v) is 17.6. The average molecular weight is 437 g/mol. The van der Waals surface area contributed by atoms with Gasteiger partial charge in [-0.2, -0.15) is 0 Å². The first-order chi connectivity index (χ1) is 13.6. The van der Waals surface area contributed by atoms with E-state index in [0.29, 0.717) is 0 Å². The SMILES string of the molecule is COc1ccc(-c2cc3c(Nc4cccc(Br)c4)ncnc3n2C(C)C)cc1. The molecule has 2 heterocycles. The van der Waals surface area contributed by atoms with Crippen LogP contribution in [-0.4, -0.2) is 21.6 Å². The van der Waals surface area contributed by atoms with E-state index < -0.39 is 0 Å². The van der Waals surface area contributed by atoms with E-state index in [1.807, 2.05) is 36.4 Å². The molecule has 2 aromatic carbocycles. The number of hydrogen-bond acceptors (Lipinski definition) is 4. The van der Waals surface area contributed by atoms with E-state index in [2.05, 4.69) is 67.8 Å². The molecule has 4 rings (SSSR count). The number of aromatic nitrogens is 3. The summed E-state index contributed by atoms with van der Waals surface area (Å²) >= 11 is 3.52. The highest BCUT2D eigenvalue weighted by Crippen LogP contribution is 2.34. The zero-order chi connectivity index (χ0) is 19.7. The summed E-state index contributed by atoms with van der Waals surface area (Å²) in [5.41, 5.74) is 4.09. The molecule has 0 aliphatic heterocycles. The highest BCUT2D eigenvalue weighted by atomic mass is 79.9. The smallest absolute Gasteiger partial charge is 0.146 e. The standard InChI is InChI=1S/C22H21BrN4O/c1-14(2)27-20(15-7-9-18(28-3)10-8-15)12-19-21(24-13-25-22(19)27)26-17-6-4-5-16(23)11-17/h4-14H,1-3H3,(H,24,25,26). The molecule has 0 saturated heterocycles. The lowest BCUT2D eigenvalue weighted by atomic mass is 10.1. The molecule has 6 heteroatoms. The summed E-state index contributed by atoms with van der Waals surface area (Å²) in [6.45, 7) is 4.33. The molecule has 0 saturated carbocycles. The maximum Gasteiger partial charge on any atom is 0.146 e. The van der Waals surface area contributed by atoms with Gasteiger partial charge in [-0.1, -0.05) is 22.0 Å². The lowest BCUT2D eigenvalue weighted by molar-refractivity contribution is 0.415. The number of methoxy groups -OCH3 is 1. The van der Waals surface area contributed by atoms with Gasteiger partial charge >= 0.3 is 0 Å². The van der Waals surface area contributed by atoms with Crippen LogP contribution in [0.4, 0.5) is 11.5 Å². The van der Waals surface area contributed by atoms with Crippen LogP contribution in [0.2, 0.25) is 0 Å². The Morgan fingerprint density at radius 2 is 1.82 bits per heavy atom. The molecular weight excluding hydrogens is 416 g/mol. The van der Waals surface area contributed by atoms with Crippen LogP contribution in [0.1, 0.15) is 19.9 Å². The molecule has 0 bridgehead atoms. The van der Waals surface area contributed by atoms with Gasteiger partial charge in [-0.05, 0) is 67.9 Å². The molecule has 0 fully saturated rings. The van der Waals surface area contributed by atoms with Gasteiger partial charge in [-0.25, -0.2) is 9.97 Å². The summed E-state index contributed by atoms with van der Waals surface area (Å²) in [6.07, 6.45) is 1.61. The van der Waals surface area contributed by atoms with Gasteiger partial charge in [0.2, 0.25) is 0 Å². The summed E-state index contributed by atoms with van der Waals surface area (Å²) in [7, 11) is 1.68. The summed E-state index contributed by atoms with van der Waals surface area (Å²) in [5, 5.41) is 4.41. The molecule has 28 heavy (non-hydrogen) atoms. The topological polar surface area (TPSA) is 52.0 Å². The summed E-state index contributed by atoms with van der Waals surface area (Å²) in [6, 6.07) is 18.5. The van der Waals surface area contributed by atoms with Crippen molar-refractivity contribution in [1.29, 1.82) is 0 Å². The summed E-state index contributed by atoms with van der Waals surface area (Å²) < 4.78 is 8.55. The Labute approximate surface area is 172 Å². The molecule has 0 atom stereocenters. The molecule has 2 aromatic heterocycles. The van der Waals surface area contributed by atoms with E-state index in [4.69, 9.17) is 4.74 Å². The summed E-state index contributed by atoms with van der Waals surface area (Å²) in [4.78, 5) is 9.08. The Bertz CT molecular complexity index is 1120. The van der Waals surface area contributed by atoms with Crippen LogP contribution in [0.5, 0.6) is 5.75 Å². The lowest BCUT2D eigenvalue weighted by Gasteiger charge is -2.14. The van der Waals surface area contributed by atoms with Crippen LogP contribution in [0.25, 0.3) is 22.3 Å². The normalized spacial score (nSPS) is 11.2. The molecule has 0 unspecified atom stereocenters. The predicted octanol–water partition coefficient (Wildman–Crippen LogP) is 6.19. The van der Waals surface area contributed by atoms with Crippen LogP contribution in [0.3, 0.4) is 0 Å². The first kappa shape index (κ1) is 18.5. The molecule has 0 radical (unpaired) electrons. The van der Waals surface area contributed by atoms with Gasteiger partial charge in [0.25, 0.3) is 0 Å². The fraction of sp³-hybridized carbons (Fsp3) is 0.182. The van der Waals surface area contributed by atoms with Crippen molar-refractivity contribution in [2.45, 2.75) is 19.9 Å². The number of halogens is 1. The number of nitrogens with zero attached hydrogens (tertiary/aromatic N) is 3. The Balaban J connectivity index is 1.85. The van der Waals surface area contributed by atoms with Crippen LogP contribution < -0.4 is 10.1 Å². The van der Waals surface area contributed by atoms with E-state index >= 15 is 0 Å². The van der Waals surface area contributed by atoms with Crippen LogP contribution in [0.15, 0.2) is 65.4 Å². The van der Waals surface area contributed by atoms with Crippen molar-refractivity contribution in [3.8, 4) is 17.0 Å². The third kappa shape index (κ3) is 3.47. The molecule has 142 valence electrons. The Kier molecular flexibility index (Phi) is 5.05. The molecule has 0 aliphatic carbocycles. The fourth-order valence-electron chi connectivity index (χ4n) is 3.34. The highest BCUT2D eigenvalue weighted by molar-refractivity contribution is 9.10. The lowest BCUT2D eigenvalue weighted by Crippen LogP contribution is -2.04. The van der Waals surface area contributed by atoms with Gasteiger partial charge < -0.3 is 14.6 Å². The van der Waals surface area contributed by atoms with Crippen molar-refractivity contribution in [2.75, 3.05) is 12.4 Å². The van der Waals surface area contributed by atoms with Gasteiger partial charge in [0.05, 0.1) is 18.2 Å². The minimum absolute atomic E-state index is 0.253. The molecule has 0 amide bonds. The monoisotopic (exact) mass is 436 g/mol. The van der Waals surface area contributed by atoms with E-state index in [1.54, 1.807) is 13.4 Å². The number of ether oxygens (including phenoxy) is 1. The maximum absolute atomic E-state index is 5.29. The van der Waals surface area contributed by atoms with Crippen molar-refractivity contribution in [1.82, 2.24) is 14.5 Å². The van der Waals surface area contributed by atoms with E-state index in [0.717, 1.165) is 44.0 Å². The van der Waals surface area contributed by atoms with Crippen LogP contribution in [0, 0.1) is 0 Å². The Morgan fingerprint density at radius 3 is 2.50 bits per heavy atom. The van der Waals surface area contributed by atoms with Crippen LogP contribution in [-0.2, 0) is 0 Å². The van der Waals surface area contributed by atoms with Gasteiger partial charge in [0.1, 0.15) is 23.5 Å². The number of benzene rings is 2. The predicted molar refractivity (Wildman–Crippen MR) is 117 cm³/mol. The van der Waals surface area contributed by atoms with E-state index in [-0.39, 0.29) is 6.04 Å². The van der Waals surface area contributed by atoms with E-state index in [1.165, 1.54) is 0 Å². The molecular formula is C22H21BrN4O. The highest BCUT2D eigenvalue weighted by Gasteiger charge is 2.17. The van der Waals surface area contributed by atoms with Crippen molar-refractivity contribution in [2.24, 2.45) is 0 Å². The molecule has 0 aliphatic rings. The Morgan fingerprint density at radius 1 is 1.04 bits per heavy atom. The van der Waals surface area contributed by atoms with Crippen molar-refractivity contribution < 1.29 is 4.74 Å². The second kappa shape index (κ2) is 7.64. The van der Waals surface area contributed by atoms with Crippen molar-refractivity contribution in [3.05, 3.63) is 65.4 Å². The first-order valence-electron chi connectivity index (χ1n) is 9.10. The van der Waals surface area contributed by atoms with E-state index in [9.17, 15) is 0 Å². The van der Waals surface area contributed by atoms with Crippen molar-refractivity contribution in [3.63, 3.8) is 0 Å². The second-order valence-electron chi connectivity index (χ2n) is 6.82.